The highest BCUT2D eigenvalue weighted by Crippen LogP contribution is 2.24. The zero-order valence-electron chi connectivity index (χ0n) is 9.70. The van der Waals surface area contributed by atoms with E-state index in [1.807, 2.05) is 17.9 Å². The second-order valence-corrected chi connectivity index (χ2v) is 4.98. The van der Waals surface area contributed by atoms with Crippen LogP contribution in [0.3, 0.4) is 0 Å². The van der Waals surface area contributed by atoms with Gasteiger partial charge < -0.3 is 5.11 Å². The molecule has 0 aliphatic rings. The van der Waals surface area contributed by atoms with Gasteiger partial charge in [0.1, 0.15) is 0 Å². The molecule has 1 N–H and O–H groups in total. The smallest absolute Gasteiger partial charge is 0.0710 e. The van der Waals surface area contributed by atoms with Crippen molar-refractivity contribution in [3.63, 3.8) is 0 Å². The fraction of sp³-hybridized carbons (Fsp3) is 0.727. The molecule has 1 atom stereocenters. The summed E-state index contributed by atoms with van der Waals surface area (Å²) in [7, 11) is 1.92. The van der Waals surface area contributed by atoms with E-state index in [1.54, 1.807) is 6.92 Å². The molecule has 0 saturated heterocycles. The van der Waals surface area contributed by atoms with E-state index < -0.39 is 0 Å². The van der Waals surface area contributed by atoms with Crippen molar-refractivity contribution in [2.45, 2.75) is 45.6 Å². The number of hydrogen-bond donors (Lipinski definition) is 1. The van der Waals surface area contributed by atoms with E-state index in [0.717, 1.165) is 11.3 Å². The highest BCUT2D eigenvalue weighted by atomic mass is 16.3. The molecule has 0 aliphatic heterocycles. The number of nitrogens with zero attached hydrogens (tertiary/aromatic N) is 2. The van der Waals surface area contributed by atoms with E-state index in [9.17, 15) is 5.11 Å². The molecule has 1 aromatic heterocycles. The Hall–Kier alpha value is -0.830. The van der Waals surface area contributed by atoms with Crippen LogP contribution in [0.25, 0.3) is 0 Å². The zero-order chi connectivity index (χ0) is 10.9. The van der Waals surface area contributed by atoms with E-state index in [4.69, 9.17) is 0 Å². The molecule has 0 aromatic carbocycles. The third kappa shape index (κ3) is 2.58. The lowest BCUT2D eigenvalue weighted by Gasteiger charge is -2.17. The summed E-state index contributed by atoms with van der Waals surface area (Å²) in [6.07, 6.45) is 2.37. The van der Waals surface area contributed by atoms with E-state index >= 15 is 0 Å². The normalized spacial score (nSPS) is 14.4. The topological polar surface area (TPSA) is 38.0 Å². The molecule has 14 heavy (non-hydrogen) atoms. The first-order chi connectivity index (χ1) is 6.30. The van der Waals surface area contributed by atoms with Gasteiger partial charge in [-0.2, -0.15) is 5.10 Å². The lowest BCUT2D eigenvalue weighted by atomic mass is 9.88. The number of aromatic nitrogens is 2. The molecule has 80 valence electrons. The molecule has 1 heterocycles. The van der Waals surface area contributed by atoms with Crippen LogP contribution in [0, 0.1) is 0 Å². The van der Waals surface area contributed by atoms with Crippen molar-refractivity contribution in [3.05, 3.63) is 17.5 Å². The number of hydrogen-bond acceptors (Lipinski definition) is 2. The van der Waals surface area contributed by atoms with Crippen LogP contribution in [0.5, 0.6) is 0 Å². The summed E-state index contributed by atoms with van der Waals surface area (Å²) in [5.41, 5.74) is 2.28. The van der Waals surface area contributed by atoms with Crippen LogP contribution in [0.1, 0.15) is 39.0 Å². The van der Waals surface area contributed by atoms with Crippen molar-refractivity contribution >= 4 is 0 Å². The Morgan fingerprint density at radius 3 is 2.50 bits per heavy atom. The minimum absolute atomic E-state index is 0.0471. The molecule has 1 unspecified atom stereocenters. The van der Waals surface area contributed by atoms with Crippen LogP contribution >= 0.6 is 0 Å². The summed E-state index contributed by atoms with van der Waals surface area (Å²) < 4.78 is 1.82. The maximum atomic E-state index is 9.37. The number of aliphatic hydroxyl groups is 1. The standard InChI is InChI=1S/C11H20N2O/c1-8(14)6-9-7-13(5)12-10(9)11(2,3)4/h7-8,14H,6H2,1-5H3. The quantitative estimate of drug-likeness (QED) is 0.781. The van der Waals surface area contributed by atoms with Crippen molar-refractivity contribution in [1.82, 2.24) is 9.78 Å². The Morgan fingerprint density at radius 2 is 2.07 bits per heavy atom. The van der Waals surface area contributed by atoms with Crippen molar-refractivity contribution in [1.29, 1.82) is 0 Å². The molecule has 3 heteroatoms. The molecule has 0 spiro atoms. The second kappa shape index (κ2) is 3.73. The van der Waals surface area contributed by atoms with Gasteiger partial charge in [0.2, 0.25) is 0 Å². The van der Waals surface area contributed by atoms with Gasteiger partial charge in [-0.3, -0.25) is 4.68 Å². The van der Waals surface area contributed by atoms with Gasteiger partial charge >= 0.3 is 0 Å². The van der Waals surface area contributed by atoms with E-state index in [2.05, 4.69) is 25.9 Å². The Balaban J connectivity index is 3.03. The highest BCUT2D eigenvalue weighted by Gasteiger charge is 2.22. The predicted molar refractivity (Wildman–Crippen MR) is 57.3 cm³/mol. The van der Waals surface area contributed by atoms with E-state index in [1.165, 1.54) is 0 Å². The van der Waals surface area contributed by atoms with Crippen LogP contribution in [-0.2, 0) is 18.9 Å². The minimum Gasteiger partial charge on any atom is -0.393 e. The van der Waals surface area contributed by atoms with Crippen LogP contribution in [-0.4, -0.2) is 21.0 Å². The van der Waals surface area contributed by atoms with E-state index in [-0.39, 0.29) is 11.5 Å². The van der Waals surface area contributed by atoms with Crippen LogP contribution < -0.4 is 0 Å². The van der Waals surface area contributed by atoms with Gasteiger partial charge in [0.25, 0.3) is 0 Å². The molecule has 0 amide bonds. The highest BCUT2D eigenvalue weighted by molar-refractivity contribution is 5.24. The van der Waals surface area contributed by atoms with E-state index in [0.29, 0.717) is 6.42 Å². The monoisotopic (exact) mass is 196 g/mol. The summed E-state index contributed by atoms with van der Waals surface area (Å²) >= 11 is 0. The largest absolute Gasteiger partial charge is 0.393 e. The molecular weight excluding hydrogens is 176 g/mol. The second-order valence-electron chi connectivity index (χ2n) is 4.98. The lowest BCUT2D eigenvalue weighted by Crippen LogP contribution is -2.16. The first kappa shape index (κ1) is 11.2. The fourth-order valence-electron chi connectivity index (χ4n) is 1.64. The van der Waals surface area contributed by atoms with Crippen molar-refractivity contribution in [2.75, 3.05) is 0 Å². The number of aliphatic hydroxyl groups excluding tert-OH is 1. The molecule has 0 fully saturated rings. The third-order valence-electron chi connectivity index (χ3n) is 2.13. The zero-order valence-corrected chi connectivity index (χ0v) is 9.70. The molecule has 1 aromatic rings. The maximum Gasteiger partial charge on any atom is 0.0710 e. The van der Waals surface area contributed by atoms with Gasteiger partial charge in [-0.05, 0) is 12.5 Å². The van der Waals surface area contributed by atoms with Gasteiger partial charge in [-0.25, -0.2) is 0 Å². The average Bonchev–Trinajstić information content (AvgIpc) is 2.28. The first-order valence-electron chi connectivity index (χ1n) is 5.02. The first-order valence-corrected chi connectivity index (χ1v) is 5.02. The molecule has 0 aliphatic carbocycles. The minimum atomic E-state index is -0.305. The van der Waals surface area contributed by atoms with Crippen LogP contribution in [0.15, 0.2) is 6.20 Å². The van der Waals surface area contributed by atoms with Gasteiger partial charge in [0, 0.05) is 25.1 Å². The Labute approximate surface area is 85.8 Å². The summed E-state index contributed by atoms with van der Waals surface area (Å²) in [5, 5.41) is 13.8. The van der Waals surface area contributed by atoms with Crippen molar-refractivity contribution in [2.24, 2.45) is 7.05 Å². The SMILES string of the molecule is CC(O)Cc1cn(C)nc1C(C)(C)C. The molecule has 3 nitrogen and oxygen atoms in total. The lowest BCUT2D eigenvalue weighted by molar-refractivity contribution is 0.195. The van der Waals surface area contributed by atoms with Gasteiger partial charge in [0.15, 0.2) is 0 Å². The predicted octanol–water partition coefficient (Wildman–Crippen LogP) is 1.64. The van der Waals surface area contributed by atoms with Crippen molar-refractivity contribution in [3.8, 4) is 0 Å². The number of aryl methyl sites for hydroxylation is 1. The molecule has 0 saturated carbocycles. The Kier molecular flexibility index (Phi) is 3.00. The van der Waals surface area contributed by atoms with Gasteiger partial charge in [0.05, 0.1) is 11.8 Å². The van der Waals surface area contributed by atoms with Crippen LogP contribution in [0.4, 0.5) is 0 Å². The third-order valence-corrected chi connectivity index (χ3v) is 2.13. The van der Waals surface area contributed by atoms with Gasteiger partial charge in [-0.1, -0.05) is 20.8 Å². The average molecular weight is 196 g/mol. The fourth-order valence-corrected chi connectivity index (χ4v) is 1.64. The number of rotatable bonds is 2. The van der Waals surface area contributed by atoms with Crippen molar-refractivity contribution < 1.29 is 5.11 Å². The maximum absolute atomic E-state index is 9.37. The molecular formula is C11H20N2O. The summed E-state index contributed by atoms with van der Waals surface area (Å²) in [4.78, 5) is 0. The molecule has 0 radical (unpaired) electrons. The van der Waals surface area contributed by atoms with Gasteiger partial charge in [-0.15, -0.1) is 0 Å². The molecule has 1 rings (SSSR count). The summed E-state index contributed by atoms with van der Waals surface area (Å²) in [6, 6.07) is 0. The Bertz CT molecular complexity index is 308. The summed E-state index contributed by atoms with van der Waals surface area (Å²) in [6.45, 7) is 8.22. The molecule has 0 bridgehead atoms. The summed E-state index contributed by atoms with van der Waals surface area (Å²) in [5.74, 6) is 0. The Morgan fingerprint density at radius 1 is 1.50 bits per heavy atom. The van der Waals surface area contributed by atoms with Crippen LogP contribution in [0.2, 0.25) is 0 Å².